The van der Waals surface area contributed by atoms with Gasteiger partial charge in [0.05, 0.1) is 6.04 Å². The van der Waals surface area contributed by atoms with Crippen molar-refractivity contribution in [2.24, 2.45) is 11.0 Å². The van der Waals surface area contributed by atoms with E-state index in [0.717, 1.165) is 0 Å². The highest BCUT2D eigenvalue weighted by atomic mass is 19.3. The fourth-order valence-electron chi connectivity index (χ4n) is 1.93. The van der Waals surface area contributed by atoms with Crippen molar-refractivity contribution in [2.45, 2.75) is 45.3 Å². The molecule has 0 aliphatic carbocycles. The maximum absolute atomic E-state index is 12.8. The van der Waals surface area contributed by atoms with Crippen LogP contribution in [0.3, 0.4) is 0 Å². The Kier molecular flexibility index (Phi) is 4.94. The summed E-state index contributed by atoms with van der Waals surface area (Å²) >= 11 is 0. The topological polar surface area (TPSA) is 78.3 Å². The van der Waals surface area contributed by atoms with E-state index in [0.29, 0.717) is 0 Å². The fourth-order valence-corrected chi connectivity index (χ4v) is 1.93. The average molecular weight is 276 g/mol. The van der Waals surface area contributed by atoms with Crippen molar-refractivity contribution in [2.75, 3.05) is 13.1 Å². The molecule has 0 N–H and O–H groups in total. The van der Waals surface area contributed by atoms with Crippen LogP contribution in [0.15, 0.2) is 5.11 Å². The molecule has 0 bridgehead atoms. The molecule has 2 unspecified atom stereocenters. The van der Waals surface area contributed by atoms with Gasteiger partial charge in [0.1, 0.15) is 5.60 Å². The van der Waals surface area contributed by atoms with Gasteiger partial charge in [0.2, 0.25) is 6.43 Å². The molecule has 1 fully saturated rings. The lowest BCUT2D eigenvalue weighted by atomic mass is 9.95. The molecular formula is C11H18F2N4O2. The third-order valence-electron chi connectivity index (χ3n) is 2.68. The number of amides is 1. The number of alkyl halides is 2. The van der Waals surface area contributed by atoms with Gasteiger partial charge >= 0.3 is 6.09 Å². The molecule has 1 aliphatic rings. The third kappa shape index (κ3) is 4.90. The Balaban J connectivity index is 2.76. The van der Waals surface area contributed by atoms with E-state index in [4.69, 9.17) is 10.3 Å². The third-order valence-corrected chi connectivity index (χ3v) is 2.68. The molecule has 1 saturated heterocycles. The Morgan fingerprint density at radius 1 is 1.47 bits per heavy atom. The highest BCUT2D eigenvalue weighted by Crippen LogP contribution is 2.26. The van der Waals surface area contributed by atoms with E-state index in [2.05, 4.69) is 10.0 Å². The molecule has 1 amide bonds. The fraction of sp³-hybridized carbons (Fsp3) is 0.909. The van der Waals surface area contributed by atoms with Crippen molar-refractivity contribution < 1.29 is 18.3 Å². The van der Waals surface area contributed by atoms with Crippen LogP contribution in [-0.4, -0.2) is 42.2 Å². The van der Waals surface area contributed by atoms with Crippen molar-refractivity contribution >= 4 is 6.09 Å². The van der Waals surface area contributed by atoms with Crippen LogP contribution in [0.4, 0.5) is 13.6 Å². The molecule has 1 heterocycles. The van der Waals surface area contributed by atoms with E-state index in [1.165, 1.54) is 4.90 Å². The van der Waals surface area contributed by atoms with Crippen LogP contribution in [0.2, 0.25) is 0 Å². The van der Waals surface area contributed by atoms with Crippen LogP contribution in [0.1, 0.15) is 27.2 Å². The summed E-state index contributed by atoms with van der Waals surface area (Å²) in [6, 6.07) is -0.634. The number of rotatable bonds is 2. The van der Waals surface area contributed by atoms with Gasteiger partial charge in [-0.25, -0.2) is 13.6 Å². The largest absolute Gasteiger partial charge is 0.444 e. The lowest BCUT2D eigenvalue weighted by molar-refractivity contribution is -0.00825. The van der Waals surface area contributed by atoms with E-state index in [-0.39, 0.29) is 19.5 Å². The summed E-state index contributed by atoms with van der Waals surface area (Å²) in [6.07, 6.45) is -3.13. The molecule has 108 valence electrons. The van der Waals surface area contributed by atoms with Crippen LogP contribution in [0.25, 0.3) is 10.4 Å². The number of carbonyl (C=O) groups excluding carboxylic acids is 1. The lowest BCUT2D eigenvalue weighted by Crippen LogP contribution is -2.49. The van der Waals surface area contributed by atoms with Gasteiger partial charge in [0, 0.05) is 23.9 Å². The molecule has 6 nitrogen and oxygen atoms in total. The van der Waals surface area contributed by atoms with Crippen LogP contribution in [-0.2, 0) is 4.74 Å². The maximum atomic E-state index is 12.8. The van der Waals surface area contributed by atoms with E-state index >= 15 is 0 Å². The van der Waals surface area contributed by atoms with E-state index < -0.39 is 30.1 Å². The number of likely N-dealkylation sites (tertiary alicyclic amines) is 1. The smallest absolute Gasteiger partial charge is 0.410 e. The van der Waals surface area contributed by atoms with Gasteiger partial charge in [0.15, 0.2) is 0 Å². The Morgan fingerprint density at radius 2 is 2.11 bits per heavy atom. The summed E-state index contributed by atoms with van der Waals surface area (Å²) in [5.74, 6) is -0.989. The molecule has 0 radical (unpaired) electrons. The quantitative estimate of drug-likeness (QED) is 0.441. The molecule has 0 aromatic heterocycles. The Bertz CT molecular complexity index is 377. The Morgan fingerprint density at radius 3 is 2.58 bits per heavy atom. The number of hydrogen-bond acceptors (Lipinski definition) is 3. The standard InChI is InChI=1S/C11H18F2N4O2/c1-11(2,3)19-10(18)17-5-7(9(12)13)4-8(6-17)15-16-14/h7-9H,4-6H2,1-3H3. The maximum Gasteiger partial charge on any atom is 0.410 e. The summed E-state index contributed by atoms with van der Waals surface area (Å²) < 4.78 is 30.7. The van der Waals surface area contributed by atoms with Crippen LogP contribution in [0.5, 0.6) is 0 Å². The Labute approximate surface area is 110 Å². The van der Waals surface area contributed by atoms with E-state index in [1.54, 1.807) is 20.8 Å². The van der Waals surface area contributed by atoms with Gasteiger partial charge in [-0.3, -0.25) is 0 Å². The molecule has 0 aromatic carbocycles. The van der Waals surface area contributed by atoms with Crippen molar-refractivity contribution in [1.82, 2.24) is 4.90 Å². The second-order valence-electron chi connectivity index (χ2n) is 5.57. The summed E-state index contributed by atoms with van der Waals surface area (Å²) in [7, 11) is 0. The monoisotopic (exact) mass is 276 g/mol. The molecular weight excluding hydrogens is 258 g/mol. The van der Waals surface area contributed by atoms with Crippen molar-refractivity contribution in [3.63, 3.8) is 0 Å². The van der Waals surface area contributed by atoms with Gasteiger partial charge in [-0.05, 0) is 32.7 Å². The summed E-state index contributed by atoms with van der Waals surface area (Å²) in [4.78, 5) is 15.7. The first kappa shape index (κ1) is 15.5. The number of carbonyl (C=O) groups is 1. The molecule has 19 heavy (non-hydrogen) atoms. The second-order valence-corrected chi connectivity index (χ2v) is 5.57. The SMILES string of the molecule is CC(C)(C)OC(=O)N1CC(N=[N+]=[N-])CC(C(F)F)C1. The zero-order valence-electron chi connectivity index (χ0n) is 11.2. The highest BCUT2D eigenvalue weighted by Gasteiger charge is 2.35. The van der Waals surface area contributed by atoms with Crippen molar-refractivity contribution in [1.29, 1.82) is 0 Å². The normalized spacial score (nSPS) is 24.0. The second kappa shape index (κ2) is 6.06. The zero-order valence-corrected chi connectivity index (χ0v) is 11.2. The number of nitrogens with zero attached hydrogens (tertiary/aromatic N) is 4. The molecule has 1 aliphatic heterocycles. The van der Waals surface area contributed by atoms with Crippen LogP contribution in [0, 0.1) is 5.92 Å². The number of piperidine rings is 1. The predicted molar refractivity (Wildman–Crippen MR) is 64.9 cm³/mol. The minimum Gasteiger partial charge on any atom is -0.444 e. The first-order valence-electron chi connectivity index (χ1n) is 6.03. The predicted octanol–water partition coefficient (Wildman–Crippen LogP) is 3.19. The van der Waals surface area contributed by atoms with Crippen LogP contribution < -0.4 is 0 Å². The molecule has 2 atom stereocenters. The van der Waals surface area contributed by atoms with Crippen molar-refractivity contribution in [3.8, 4) is 0 Å². The van der Waals surface area contributed by atoms with Gasteiger partial charge < -0.3 is 9.64 Å². The van der Waals surface area contributed by atoms with E-state index in [1.807, 2.05) is 0 Å². The van der Waals surface area contributed by atoms with Gasteiger partial charge in [-0.2, -0.15) is 0 Å². The molecule has 0 aromatic rings. The van der Waals surface area contributed by atoms with Gasteiger partial charge in [-0.1, -0.05) is 5.11 Å². The number of azide groups is 1. The molecule has 0 spiro atoms. The lowest BCUT2D eigenvalue weighted by Gasteiger charge is -2.36. The summed E-state index contributed by atoms with van der Waals surface area (Å²) in [5.41, 5.74) is 7.70. The number of halogens is 2. The van der Waals surface area contributed by atoms with Crippen molar-refractivity contribution in [3.05, 3.63) is 10.4 Å². The average Bonchev–Trinajstić information content (AvgIpc) is 2.26. The van der Waals surface area contributed by atoms with Crippen LogP contribution >= 0.6 is 0 Å². The molecule has 1 rings (SSSR count). The summed E-state index contributed by atoms with van der Waals surface area (Å²) in [6.45, 7) is 5.13. The molecule has 0 saturated carbocycles. The number of hydrogen-bond donors (Lipinski definition) is 0. The molecule has 8 heteroatoms. The minimum absolute atomic E-state index is 0.0793. The van der Waals surface area contributed by atoms with Gasteiger partial charge in [-0.15, -0.1) is 0 Å². The Hall–Kier alpha value is -1.56. The highest BCUT2D eigenvalue weighted by molar-refractivity contribution is 5.68. The van der Waals surface area contributed by atoms with Gasteiger partial charge in [0.25, 0.3) is 0 Å². The first-order valence-corrected chi connectivity index (χ1v) is 6.03. The minimum atomic E-state index is -2.55. The van der Waals surface area contributed by atoms with E-state index in [9.17, 15) is 13.6 Å². The zero-order chi connectivity index (χ0) is 14.6. The summed E-state index contributed by atoms with van der Waals surface area (Å²) in [5, 5.41) is 3.44. The number of ether oxygens (including phenoxy) is 1. The first-order chi connectivity index (χ1) is 8.73.